The molecular formula is C26H20FNO5S. The molecule has 1 aliphatic heterocycles. The lowest BCUT2D eigenvalue weighted by Crippen LogP contribution is -2.42. The minimum atomic E-state index is -4.32. The molecule has 0 saturated carbocycles. The predicted octanol–water partition coefficient (Wildman–Crippen LogP) is 5.34. The van der Waals surface area contributed by atoms with Gasteiger partial charge in [0.15, 0.2) is 0 Å². The van der Waals surface area contributed by atoms with Crippen molar-refractivity contribution >= 4 is 43.5 Å². The number of fused-ring (bicyclic) bond motifs is 1. The van der Waals surface area contributed by atoms with E-state index in [9.17, 15) is 22.4 Å². The number of alkyl halides is 1. The number of hydroxylamine groups is 2. The molecule has 8 heteroatoms. The molecule has 1 unspecified atom stereocenters. The number of amides is 2. The van der Waals surface area contributed by atoms with E-state index in [0.29, 0.717) is 16.3 Å². The highest BCUT2D eigenvalue weighted by atomic mass is 32.2. The number of nitrogens with zero attached hydrogens (tertiary/aromatic N) is 1. The number of hydrogen-bond acceptors (Lipinski definition) is 5. The maximum absolute atomic E-state index is 15.0. The second kappa shape index (κ2) is 8.62. The smallest absolute Gasteiger partial charge is 0.266 e. The van der Waals surface area contributed by atoms with Gasteiger partial charge in [-0.1, -0.05) is 66.7 Å². The summed E-state index contributed by atoms with van der Waals surface area (Å²) < 4.78 is 45.1. The number of carbonyl (C=O) groups is 2. The Balaban J connectivity index is 1.29. The maximum atomic E-state index is 15.0. The molecule has 1 heterocycles. The molecule has 0 aromatic heterocycles. The van der Waals surface area contributed by atoms with Crippen molar-refractivity contribution in [2.24, 2.45) is 0 Å². The Morgan fingerprint density at radius 3 is 2.09 bits per heavy atom. The summed E-state index contributed by atoms with van der Waals surface area (Å²) >= 11 is 0. The second-order valence-electron chi connectivity index (χ2n) is 8.13. The van der Waals surface area contributed by atoms with Crippen LogP contribution >= 0.6 is 0 Å². The molecule has 5 rings (SSSR count). The highest BCUT2D eigenvalue weighted by molar-refractivity contribution is 7.86. The monoisotopic (exact) mass is 477 g/mol. The highest BCUT2D eigenvalue weighted by Gasteiger charge is 2.37. The third-order valence-electron chi connectivity index (χ3n) is 5.94. The number of carbonyl (C=O) groups excluding carboxylic acids is 2. The molecule has 6 nitrogen and oxygen atoms in total. The summed E-state index contributed by atoms with van der Waals surface area (Å²) in [6.45, 7) is 0. The maximum Gasteiger partial charge on any atom is 0.288 e. The molecule has 0 bridgehead atoms. The van der Waals surface area contributed by atoms with E-state index in [1.54, 1.807) is 36.4 Å². The van der Waals surface area contributed by atoms with Crippen LogP contribution in [0.15, 0.2) is 78.9 Å². The Morgan fingerprint density at radius 1 is 0.794 bits per heavy atom. The molecule has 0 spiro atoms. The molecule has 1 aliphatic rings. The minimum Gasteiger partial charge on any atom is -0.266 e. The van der Waals surface area contributed by atoms with E-state index >= 15 is 0 Å². The zero-order valence-corrected chi connectivity index (χ0v) is 18.8. The number of rotatable bonds is 7. The van der Waals surface area contributed by atoms with Crippen molar-refractivity contribution in [2.45, 2.75) is 19.0 Å². The summed E-state index contributed by atoms with van der Waals surface area (Å²) in [5, 5.41) is 3.11. The summed E-state index contributed by atoms with van der Waals surface area (Å²) in [5.41, 5.74) is 0.854. The van der Waals surface area contributed by atoms with Crippen LogP contribution in [0.3, 0.4) is 0 Å². The molecule has 0 aliphatic carbocycles. The van der Waals surface area contributed by atoms with Gasteiger partial charge in [0.1, 0.15) is 6.17 Å². The van der Waals surface area contributed by atoms with Crippen molar-refractivity contribution in [3.63, 3.8) is 0 Å². The Bertz CT molecular complexity index is 1490. The Hall–Kier alpha value is -3.62. The van der Waals surface area contributed by atoms with Crippen LogP contribution in [0.2, 0.25) is 0 Å². The summed E-state index contributed by atoms with van der Waals surface area (Å²) in [5.74, 6) is -2.24. The van der Waals surface area contributed by atoms with Gasteiger partial charge in [0.2, 0.25) is 0 Å². The van der Waals surface area contributed by atoms with Crippen LogP contribution in [0, 0.1) is 0 Å². The topological polar surface area (TPSA) is 80.8 Å². The van der Waals surface area contributed by atoms with Gasteiger partial charge < -0.3 is 0 Å². The van der Waals surface area contributed by atoms with Crippen molar-refractivity contribution in [3.05, 3.63) is 95.6 Å². The van der Waals surface area contributed by atoms with Crippen LogP contribution in [0.25, 0.3) is 21.5 Å². The molecule has 0 saturated heterocycles. The molecule has 2 amide bonds. The Kier molecular flexibility index (Phi) is 5.63. The van der Waals surface area contributed by atoms with E-state index in [2.05, 4.69) is 0 Å². The van der Waals surface area contributed by atoms with Crippen molar-refractivity contribution in [1.29, 1.82) is 0 Å². The van der Waals surface area contributed by atoms with E-state index in [-0.39, 0.29) is 29.0 Å². The zero-order valence-electron chi connectivity index (χ0n) is 18.0. The largest absolute Gasteiger partial charge is 0.288 e. The summed E-state index contributed by atoms with van der Waals surface area (Å²) in [6, 6.07) is 22.6. The predicted molar refractivity (Wildman–Crippen MR) is 126 cm³/mol. The van der Waals surface area contributed by atoms with Crippen molar-refractivity contribution in [3.8, 4) is 0 Å². The van der Waals surface area contributed by atoms with E-state index in [0.717, 1.165) is 10.8 Å². The molecule has 0 fully saturated rings. The van der Waals surface area contributed by atoms with Gasteiger partial charge in [-0.25, -0.2) is 4.39 Å². The number of halogens is 1. The Labute approximate surface area is 195 Å². The highest BCUT2D eigenvalue weighted by Crippen LogP contribution is 2.32. The third kappa shape index (κ3) is 3.95. The van der Waals surface area contributed by atoms with Gasteiger partial charge in [-0.05, 0) is 46.7 Å². The molecule has 34 heavy (non-hydrogen) atoms. The first-order valence-corrected chi connectivity index (χ1v) is 12.4. The van der Waals surface area contributed by atoms with Crippen molar-refractivity contribution in [2.75, 3.05) is 5.75 Å². The quantitative estimate of drug-likeness (QED) is 0.336. The van der Waals surface area contributed by atoms with Gasteiger partial charge in [-0.3, -0.25) is 9.59 Å². The second-order valence-corrected chi connectivity index (χ2v) is 9.80. The van der Waals surface area contributed by atoms with Crippen LogP contribution in [0.4, 0.5) is 4.39 Å². The van der Waals surface area contributed by atoms with Crippen molar-refractivity contribution in [1.82, 2.24) is 5.06 Å². The van der Waals surface area contributed by atoms with Crippen LogP contribution in [0.1, 0.15) is 45.3 Å². The fraction of sp³-hybridized carbons (Fsp3) is 0.154. The standard InChI is InChI=1S/C26H20FNO5S/c27-23(20-12-3-8-17-7-1-2-11-19(17)20)15-6-16-34(31,32)33-28-25(29)21-13-4-9-18-10-5-14-22(24(18)21)26(28)30/h1-5,7-14,23H,6,15-16H2. The fourth-order valence-corrected chi connectivity index (χ4v) is 5.30. The summed E-state index contributed by atoms with van der Waals surface area (Å²) in [7, 11) is -4.32. The van der Waals surface area contributed by atoms with Crippen LogP contribution in [0.5, 0.6) is 0 Å². The van der Waals surface area contributed by atoms with Gasteiger partial charge >= 0.3 is 0 Å². The summed E-state index contributed by atoms with van der Waals surface area (Å²) in [6.07, 6.45) is -1.47. The van der Waals surface area contributed by atoms with Crippen LogP contribution < -0.4 is 0 Å². The number of hydrogen-bond donors (Lipinski definition) is 0. The van der Waals surface area contributed by atoms with Gasteiger partial charge in [0, 0.05) is 5.39 Å². The van der Waals surface area contributed by atoms with Crippen LogP contribution in [-0.4, -0.2) is 31.0 Å². The van der Waals surface area contributed by atoms with Gasteiger partial charge in [0.25, 0.3) is 21.9 Å². The average molecular weight is 478 g/mol. The van der Waals surface area contributed by atoms with Gasteiger partial charge in [0.05, 0.1) is 16.9 Å². The van der Waals surface area contributed by atoms with Gasteiger partial charge in [-0.15, -0.1) is 9.35 Å². The van der Waals surface area contributed by atoms with E-state index in [1.807, 2.05) is 30.3 Å². The fourth-order valence-electron chi connectivity index (χ4n) is 4.35. The average Bonchev–Trinajstić information content (AvgIpc) is 2.84. The minimum absolute atomic E-state index is 0.0465. The molecule has 0 radical (unpaired) electrons. The van der Waals surface area contributed by atoms with Crippen LogP contribution in [-0.2, 0) is 14.4 Å². The normalized spacial score (nSPS) is 14.7. The molecule has 0 N–H and O–H groups in total. The number of imide groups is 1. The van der Waals surface area contributed by atoms with Crippen molar-refractivity contribution < 1.29 is 26.7 Å². The molecule has 4 aromatic carbocycles. The lowest BCUT2D eigenvalue weighted by molar-refractivity contribution is -0.0155. The van der Waals surface area contributed by atoms with Gasteiger partial charge in [-0.2, -0.15) is 8.42 Å². The first-order valence-electron chi connectivity index (χ1n) is 10.8. The third-order valence-corrected chi connectivity index (χ3v) is 7.10. The zero-order chi connectivity index (χ0) is 23.9. The summed E-state index contributed by atoms with van der Waals surface area (Å²) in [4.78, 5) is 25.7. The molecule has 172 valence electrons. The SMILES string of the molecule is O=C1c2cccc3cccc(c23)C(=O)N1OS(=O)(=O)CCCC(F)c1cccc2ccccc12. The first-order chi connectivity index (χ1) is 16.4. The first kappa shape index (κ1) is 22.2. The molecule has 1 atom stereocenters. The lowest BCUT2D eigenvalue weighted by Gasteiger charge is -2.25. The molecule has 4 aromatic rings. The Morgan fingerprint density at radius 2 is 1.38 bits per heavy atom. The number of benzene rings is 4. The molecular weight excluding hydrogens is 457 g/mol. The van der Waals surface area contributed by atoms with E-state index < -0.39 is 33.9 Å². The van der Waals surface area contributed by atoms with E-state index in [1.165, 1.54) is 12.1 Å². The lowest BCUT2D eigenvalue weighted by atomic mass is 9.95. The van der Waals surface area contributed by atoms with E-state index in [4.69, 9.17) is 4.28 Å².